The molecule has 3 heteroatoms. The van der Waals surface area contributed by atoms with Crippen molar-refractivity contribution in [3.05, 3.63) is 64.4 Å². The minimum atomic E-state index is -0.211. The second kappa shape index (κ2) is 6.07. The fourth-order valence-corrected chi connectivity index (χ4v) is 2.23. The van der Waals surface area contributed by atoms with Crippen LogP contribution >= 0.6 is 11.6 Å². The molecular formula is C16H17ClFN. The third kappa shape index (κ3) is 3.48. The molecular weight excluding hydrogens is 261 g/mol. The molecule has 0 spiro atoms. The Morgan fingerprint density at radius 2 is 1.84 bits per heavy atom. The van der Waals surface area contributed by atoms with Crippen molar-refractivity contribution < 1.29 is 4.39 Å². The van der Waals surface area contributed by atoms with Crippen LogP contribution in [0.2, 0.25) is 5.02 Å². The molecule has 0 amide bonds. The number of anilines is 1. The first kappa shape index (κ1) is 13.9. The number of rotatable bonds is 4. The van der Waals surface area contributed by atoms with E-state index < -0.39 is 0 Å². The van der Waals surface area contributed by atoms with E-state index in [1.165, 1.54) is 12.1 Å². The molecule has 0 heterocycles. The molecule has 100 valence electrons. The van der Waals surface area contributed by atoms with E-state index in [-0.39, 0.29) is 11.9 Å². The van der Waals surface area contributed by atoms with E-state index in [0.29, 0.717) is 5.02 Å². The van der Waals surface area contributed by atoms with Crippen molar-refractivity contribution in [2.24, 2.45) is 0 Å². The summed E-state index contributed by atoms with van der Waals surface area (Å²) in [6, 6.07) is 12.5. The Morgan fingerprint density at radius 3 is 2.47 bits per heavy atom. The number of hydrogen-bond donors (Lipinski definition) is 1. The smallest absolute Gasteiger partial charge is 0.123 e. The summed E-state index contributed by atoms with van der Waals surface area (Å²) in [4.78, 5) is 0. The average Bonchev–Trinajstić information content (AvgIpc) is 2.41. The van der Waals surface area contributed by atoms with Crippen LogP contribution in [-0.2, 0) is 0 Å². The second-order valence-electron chi connectivity index (χ2n) is 4.62. The second-order valence-corrected chi connectivity index (χ2v) is 5.05. The molecule has 2 rings (SSSR count). The lowest BCUT2D eigenvalue weighted by molar-refractivity contribution is 0.625. The van der Waals surface area contributed by atoms with Gasteiger partial charge in [0.15, 0.2) is 0 Å². The molecule has 1 N–H and O–H groups in total. The lowest BCUT2D eigenvalue weighted by Gasteiger charge is -2.20. The maximum atomic E-state index is 13.0. The van der Waals surface area contributed by atoms with E-state index in [2.05, 4.69) is 12.2 Å². The summed E-state index contributed by atoms with van der Waals surface area (Å²) in [5, 5.41) is 4.18. The van der Waals surface area contributed by atoms with Crippen LogP contribution in [0.4, 0.5) is 10.1 Å². The van der Waals surface area contributed by atoms with Crippen LogP contribution in [0.1, 0.15) is 30.5 Å². The maximum absolute atomic E-state index is 13.0. The molecule has 0 saturated heterocycles. The van der Waals surface area contributed by atoms with Gasteiger partial charge in [-0.3, -0.25) is 0 Å². The Labute approximate surface area is 118 Å². The molecule has 1 nitrogen and oxygen atoms in total. The predicted molar refractivity (Wildman–Crippen MR) is 79.2 cm³/mol. The minimum absolute atomic E-state index is 0.151. The van der Waals surface area contributed by atoms with Gasteiger partial charge >= 0.3 is 0 Å². The first-order valence-corrected chi connectivity index (χ1v) is 6.76. The van der Waals surface area contributed by atoms with Gasteiger partial charge in [-0.1, -0.05) is 36.7 Å². The molecule has 2 aromatic carbocycles. The normalized spacial score (nSPS) is 12.2. The van der Waals surface area contributed by atoms with Crippen LogP contribution in [-0.4, -0.2) is 0 Å². The fourth-order valence-electron chi connectivity index (χ4n) is 2.05. The third-order valence-electron chi connectivity index (χ3n) is 3.21. The van der Waals surface area contributed by atoms with Gasteiger partial charge in [-0.25, -0.2) is 4.39 Å². The lowest BCUT2D eigenvalue weighted by atomic mass is 10.0. The first-order chi connectivity index (χ1) is 9.10. The monoisotopic (exact) mass is 277 g/mol. The molecule has 1 unspecified atom stereocenters. The van der Waals surface area contributed by atoms with Gasteiger partial charge in [0.25, 0.3) is 0 Å². The zero-order valence-electron chi connectivity index (χ0n) is 11.1. The van der Waals surface area contributed by atoms with Crippen molar-refractivity contribution in [3.63, 3.8) is 0 Å². The van der Waals surface area contributed by atoms with Gasteiger partial charge in [0.05, 0.1) is 6.04 Å². The standard InChI is InChI=1S/C16H17ClFN/c1-3-15(12-5-8-14(18)9-6-12)19-16-10-13(17)7-4-11(16)2/h4-10,15,19H,3H2,1-2H3. The van der Waals surface area contributed by atoms with Crippen LogP contribution in [0.25, 0.3) is 0 Å². The van der Waals surface area contributed by atoms with Crippen molar-refractivity contribution in [1.82, 2.24) is 0 Å². The van der Waals surface area contributed by atoms with E-state index in [1.807, 2.05) is 37.3 Å². The van der Waals surface area contributed by atoms with Gasteiger partial charge < -0.3 is 5.32 Å². The lowest BCUT2D eigenvalue weighted by Crippen LogP contribution is -2.10. The van der Waals surface area contributed by atoms with Crippen LogP contribution in [0, 0.1) is 12.7 Å². The van der Waals surface area contributed by atoms with E-state index in [4.69, 9.17) is 11.6 Å². The quantitative estimate of drug-likeness (QED) is 0.794. The molecule has 0 aliphatic heterocycles. The summed E-state index contributed by atoms with van der Waals surface area (Å²) in [7, 11) is 0. The zero-order valence-corrected chi connectivity index (χ0v) is 11.8. The summed E-state index contributed by atoms with van der Waals surface area (Å²) in [6.45, 7) is 4.14. The van der Waals surface area contributed by atoms with Gasteiger partial charge in [-0.2, -0.15) is 0 Å². The van der Waals surface area contributed by atoms with Crippen molar-refractivity contribution in [1.29, 1.82) is 0 Å². The Hall–Kier alpha value is -1.54. The largest absolute Gasteiger partial charge is 0.378 e. The SMILES string of the molecule is CCC(Nc1cc(Cl)ccc1C)c1ccc(F)cc1. The number of hydrogen-bond acceptors (Lipinski definition) is 1. The summed E-state index contributed by atoms with van der Waals surface area (Å²) in [5.41, 5.74) is 3.23. The summed E-state index contributed by atoms with van der Waals surface area (Å²) in [6.07, 6.45) is 0.914. The molecule has 0 aliphatic carbocycles. The van der Waals surface area contributed by atoms with E-state index in [9.17, 15) is 4.39 Å². The van der Waals surface area contributed by atoms with Crippen molar-refractivity contribution in [2.75, 3.05) is 5.32 Å². The van der Waals surface area contributed by atoms with Crippen molar-refractivity contribution in [2.45, 2.75) is 26.3 Å². The van der Waals surface area contributed by atoms with Crippen LogP contribution in [0.3, 0.4) is 0 Å². The Bertz CT molecular complexity index is 551. The van der Waals surface area contributed by atoms with Gasteiger partial charge in [-0.15, -0.1) is 0 Å². The molecule has 0 radical (unpaired) electrons. The average molecular weight is 278 g/mol. The molecule has 0 aromatic heterocycles. The Morgan fingerprint density at radius 1 is 1.16 bits per heavy atom. The summed E-state index contributed by atoms with van der Waals surface area (Å²) < 4.78 is 13.0. The topological polar surface area (TPSA) is 12.0 Å². The van der Waals surface area contributed by atoms with Gasteiger partial charge in [0, 0.05) is 10.7 Å². The fraction of sp³-hybridized carbons (Fsp3) is 0.250. The zero-order chi connectivity index (χ0) is 13.8. The maximum Gasteiger partial charge on any atom is 0.123 e. The molecule has 19 heavy (non-hydrogen) atoms. The molecule has 1 atom stereocenters. The van der Waals surface area contributed by atoms with E-state index in [0.717, 1.165) is 23.2 Å². The van der Waals surface area contributed by atoms with Crippen LogP contribution < -0.4 is 5.32 Å². The van der Waals surface area contributed by atoms with Crippen molar-refractivity contribution in [3.8, 4) is 0 Å². The van der Waals surface area contributed by atoms with E-state index in [1.54, 1.807) is 0 Å². The van der Waals surface area contributed by atoms with Crippen molar-refractivity contribution >= 4 is 17.3 Å². The molecule has 0 aliphatic rings. The minimum Gasteiger partial charge on any atom is -0.378 e. The van der Waals surface area contributed by atoms with Gasteiger partial charge in [0.2, 0.25) is 0 Å². The van der Waals surface area contributed by atoms with Gasteiger partial charge in [-0.05, 0) is 48.7 Å². The highest BCUT2D eigenvalue weighted by molar-refractivity contribution is 6.30. The Balaban J connectivity index is 2.23. The highest BCUT2D eigenvalue weighted by Crippen LogP contribution is 2.27. The predicted octanol–water partition coefficient (Wildman–Crippen LogP) is 5.35. The van der Waals surface area contributed by atoms with Crippen LogP contribution in [0.5, 0.6) is 0 Å². The molecule has 0 saturated carbocycles. The van der Waals surface area contributed by atoms with E-state index >= 15 is 0 Å². The number of nitrogens with one attached hydrogen (secondary N) is 1. The highest BCUT2D eigenvalue weighted by Gasteiger charge is 2.10. The molecule has 0 bridgehead atoms. The number of benzene rings is 2. The number of aryl methyl sites for hydroxylation is 1. The molecule has 0 fully saturated rings. The third-order valence-corrected chi connectivity index (χ3v) is 3.45. The summed E-state index contributed by atoms with van der Waals surface area (Å²) in [5.74, 6) is -0.211. The van der Waals surface area contributed by atoms with Gasteiger partial charge in [0.1, 0.15) is 5.82 Å². The molecule has 2 aromatic rings. The van der Waals surface area contributed by atoms with Crippen LogP contribution in [0.15, 0.2) is 42.5 Å². The Kier molecular flexibility index (Phi) is 4.43. The summed E-state index contributed by atoms with van der Waals surface area (Å²) >= 11 is 6.02. The highest BCUT2D eigenvalue weighted by atomic mass is 35.5. The number of halogens is 2. The first-order valence-electron chi connectivity index (χ1n) is 6.38.